The minimum Gasteiger partial charge on any atom is -0.353 e. The number of thiophene rings is 1. The number of rotatable bonds is 2. The van der Waals surface area contributed by atoms with Crippen LogP contribution < -0.4 is 5.32 Å². The fourth-order valence-electron chi connectivity index (χ4n) is 1.80. The highest BCUT2D eigenvalue weighted by Crippen LogP contribution is 2.33. The van der Waals surface area contributed by atoms with E-state index in [1.54, 1.807) is 17.7 Å². The molecule has 0 amide bonds. The SMILES string of the molecule is C1=CC(c2ccc(-c3ccccc3)s2)N=CN1. The molecule has 2 nitrogen and oxygen atoms in total. The summed E-state index contributed by atoms with van der Waals surface area (Å²) >= 11 is 1.80. The normalized spacial score (nSPS) is 18.0. The van der Waals surface area contributed by atoms with E-state index in [2.05, 4.69) is 52.8 Å². The third-order valence-electron chi connectivity index (χ3n) is 2.66. The second-order valence-corrected chi connectivity index (χ2v) is 4.93. The number of aliphatic imine (C=N–C) groups is 1. The lowest BCUT2D eigenvalue weighted by atomic mass is 10.2. The van der Waals surface area contributed by atoms with Crippen molar-refractivity contribution in [1.29, 1.82) is 0 Å². The van der Waals surface area contributed by atoms with Crippen molar-refractivity contribution in [1.82, 2.24) is 5.32 Å². The van der Waals surface area contributed by atoms with Gasteiger partial charge in [-0.2, -0.15) is 0 Å². The number of benzene rings is 1. The maximum absolute atomic E-state index is 4.39. The molecule has 0 radical (unpaired) electrons. The van der Waals surface area contributed by atoms with Crippen molar-refractivity contribution in [3.8, 4) is 10.4 Å². The Morgan fingerprint density at radius 1 is 1.06 bits per heavy atom. The Kier molecular flexibility index (Phi) is 2.76. The first-order valence-electron chi connectivity index (χ1n) is 5.53. The first kappa shape index (κ1) is 10.3. The highest BCUT2D eigenvalue weighted by atomic mass is 32.1. The van der Waals surface area contributed by atoms with Gasteiger partial charge in [0.1, 0.15) is 6.04 Å². The molecule has 2 aromatic rings. The molecule has 2 heterocycles. The Balaban J connectivity index is 1.90. The summed E-state index contributed by atoms with van der Waals surface area (Å²) in [6, 6.07) is 14.9. The van der Waals surface area contributed by atoms with Gasteiger partial charge >= 0.3 is 0 Å². The molecule has 3 rings (SSSR count). The monoisotopic (exact) mass is 240 g/mol. The second kappa shape index (κ2) is 4.55. The fraction of sp³-hybridized carbons (Fsp3) is 0.0714. The molecule has 1 aromatic heterocycles. The molecule has 1 aromatic carbocycles. The lowest BCUT2D eigenvalue weighted by Crippen LogP contribution is -2.07. The van der Waals surface area contributed by atoms with Crippen molar-refractivity contribution >= 4 is 17.7 Å². The van der Waals surface area contributed by atoms with Crippen LogP contribution in [0.15, 0.2) is 59.7 Å². The molecule has 0 saturated heterocycles. The van der Waals surface area contributed by atoms with Crippen LogP contribution in [0.5, 0.6) is 0 Å². The Hall–Kier alpha value is -1.87. The van der Waals surface area contributed by atoms with Gasteiger partial charge in [0.05, 0.1) is 6.34 Å². The lowest BCUT2D eigenvalue weighted by molar-refractivity contribution is 0.905. The first-order valence-corrected chi connectivity index (χ1v) is 6.35. The maximum atomic E-state index is 4.39. The zero-order valence-corrected chi connectivity index (χ0v) is 10.0. The van der Waals surface area contributed by atoms with E-state index in [-0.39, 0.29) is 6.04 Å². The Labute approximate surface area is 104 Å². The van der Waals surface area contributed by atoms with Crippen molar-refractivity contribution in [2.24, 2.45) is 4.99 Å². The molecule has 1 atom stereocenters. The van der Waals surface area contributed by atoms with E-state index in [0.29, 0.717) is 0 Å². The molecule has 0 saturated carbocycles. The summed E-state index contributed by atoms with van der Waals surface area (Å²) in [4.78, 5) is 6.96. The molecule has 1 unspecified atom stereocenters. The zero-order valence-electron chi connectivity index (χ0n) is 9.21. The smallest absolute Gasteiger partial charge is 0.106 e. The van der Waals surface area contributed by atoms with Crippen LogP contribution in [0, 0.1) is 0 Å². The van der Waals surface area contributed by atoms with Crippen LogP contribution >= 0.6 is 11.3 Å². The quantitative estimate of drug-likeness (QED) is 0.852. The summed E-state index contributed by atoms with van der Waals surface area (Å²) < 4.78 is 0. The number of hydrogen-bond donors (Lipinski definition) is 1. The fourth-order valence-corrected chi connectivity index (χ4v) is 2.84. The van der Waals surface area contributed by atoms with E-state index < -0.39 is 0 Å². The minimum absolute atomic E-state index is 0.165. The number of hydrogen-bond acceptors (Lipinski definition) is 3. The van der Waals surface area contributed by atoms with Crippen molar-refractivity contribution in [2.45, 2.75) is 6.04 Å². The third kappa shape index (κ3) is 2.15. The molecular weight excluding hydrogens is 228 g/mol. The average Bonchev–Trinajstić information content (AvgIpc) is 2.90. The predicted octanol–water partition coefficient (Wildman–Crippen LogP) is 3.60. The van der Waals surface area contributed by atoms with E-state index in [1.165, 1.54) is 15.3 Å². The average molecular weight is 240 g/mol. The van der Waals surface area contributed by atoms with Gasteiger partial charge in [0.2, 0.25) is 0 Å². The van der Waals surface area contributed by atoms with Gasteiger partial charge in [0, 0.05) is 16.0 Å². The number of nitrogens with zero attached hydrogens (tertiary/aromatic N) is 1. The minimum atomic E-state index is 0.165. The maximum Gasteiger partial charge on any atom is 0.106 e. The van der Waals surface area contributed by atoms with Gasteiger partial charge in [-0.25, -0.2) is 0 Å². The molecule has 1 aliphatic heterocycles. The van der Waals surface area contributed by atoms with E-state index in [1.807, 2.05) is 12.3 Å². The Morgan fingerprint density at radius 2 is 1.94 bits per heavy atom. The Morgan fingerprint density at radius 3 is 2.71 bits per heavy atom. The Bertz CT molecular complexity index is 543. The van der Waals surface area contributed by atoms with Crippen molar-refractivity contribution in [3.63, 3.8) is 0 Å². The summed E-state index contributed by atoms with van der Waals surface area (Å²) in [5, 5.41) is 2.96. The lowest BCUT2D eigenvalue weighted by Gasteiger charge is -2.08. The van der Waals surface area contributed by atoms with E-state index in [0.717, 1.165) is 0 Å². The molecule has 3 heteroatoms. The molecule has 1 N–H and O–H groups in total. The van der Waals surface area contributed by atoms with E-state index in [4.69, 9.17) is 0 Å². The van der Waals surface area contributed by atoms with Gasteiger partial charge in [-0.15, -0.1) is 11.3 Å². The first-order chi connectivity index (χ1) is 8.43. The van der Waals surface area contributed by atoms with Crippen molar-refractivity contribution < 1.29 is 0 Å². The standard InChI is InChI=1S/C14H12N2S/c1-2-4-11(5-3-1)13-6-7-14(17-13)12-8-9-15-10-16-12/h1-10,12H,(H,15,16). The molecule has 0 fully saturated rings. The molecular formula is C14H12N2S. The van der Waals surface area contributed by atoms with Crippen LogP contribution in [-0.4, -0.2) is 6.34 Å². The van der Waals surface area contributed by atoms with Crippen LogP contribution in [0.2, 0.25) is 0 Å². The van der Waals surface area contributed by atoms with E-state index in [9.17, 15) is 0 Å². The largest absolute Gasteiger partial charge is 0.353 e. The topological polar surface area (TPSA) is 24.4 Å². The van der Waals surface area contributed by atoms with Crippen LogP contribution in [0.25, 0.3) is 10.4 Å². The van der Waals surface area contributed by atoms with Gasteiger partial charge < -0.3 is 5.32 Å². The molecule has 0 aliphatic carbocycles. The van der Waals surface area contributed by atoms with Crippen LogP contribution in [0.1, 0.15) is 10.9 Å². The highest BCUT2D eigenvalue weighted by Gasteiger charge is 2.11. The third-order valence-corrected chi connectivity index (χ3v) is 3.87. The van der Waals surface area contributed by atoms with Crippen LogP contribution in [0.4, 0.5) is 0 Å². The molecule has 84 valence electrons. The summed E-state index contributed by atoms with van der Waals surface area (Å²) in [6.07, 6.45) is 5.74. The molecule has 1 aliphatic rings. The van der Waals surface area contributed by atoms with Gasteiger partial charge in [-0.1, -0.05) is 30.3 Å². The summed E-state index contributed by atoms with van der Waals surface area (Å²) in [7, 11) is 0. The molecule has 0 spiro atoms. The second-order valence-electron chi connectivity index (χ2n) is 3.82. The highest BCUT2D eigenvalue weighted by molar-refractivity contribution is 7.15. The summed E-state index contributed by atoms with van der Waals surface area (Å²) in [6.45, 7) is 0. The van der Waals surface area contributed by atoms with E-state index >= 15 is 0 Å². The van der Waals surface area contributed by atoms with Gasteiger partial charge in [-0.3, -0.25) is 4.99 Å². The van der Waals surface area contributed by atoms with Crippen molar-refractivity contribution in [3.05, 3.63) is 59.6 Å². The van der Waals surface area contributed by atoms with Gasteiger partial charge in [0.25, 0.3) is 0 Å². The van der Waals surface area contributed by atoms with Crippen LogP contribution in [0.3, 0.4) is 0 Å². The van der Waals surface area contributed by atoms with Gasteiger partial charge in [-0.05, 0) is 23.8 Å². The predicted molar refractivity (Wildman–Crippen MR) is 73.3 cm³/mol. The molecule has 0 bridgehead atoms. The summed E-state index contributed by atoms with van der Waals surface area (Å²) in [5.74, 6) is 0. The van der Waals surface area contributed by atoms with Crippen LogP contribution in [-0.2, 0) is 0 Å². The van der Waals surface area contributed by atoms with Crippen molar-refractivity contribution in [2.75, 3.05) is 0 Å². The molecule has 17 heavy (non-hydrogen) atoms. The summed E-state index contributed by atoms with van der Waals surface area (Å²) in [5.41, 5.74) is 1.27. The number of nitrogens with one attached hydrogen (secondary N) is 1. The zero-order chi connectivity index (χ0) is 11.5. The van der Waals surface area contributed by atoms with Gasteiger partial charge in [0.15, 0.2) is 0 Å².